The topological polar surface area (TPSA) is 17.0 Å². The SMILES string of the molecule is [2H]C1(c2cccc3c2oc2c(-c4cccc[n+]4C)c(C)ccc23)CCC2CCCC2C1. The Morgan fingerprint density at radius 2 is 1.77 bits per heavy atom. The highest BCUT2D eigenvalue weighted by atomic mass is 16.3. The van der Waals surface area contributed by atoms with E-state index in [1.165, 1.54) is 31.2 Å². The van der Waals surface area contributed by atoms with E-state index in [9.17, 15) is 1.37 Å². The van der Waals surface area contributed by atoms with Gasteiger partial charge in [0, 0.05) is 24.3 Å². The van der Waals surface area contributed by atoms with Gasteiger partial charge in [-0.15, -0.1) is 0 Å². The first kappa shape index (κ1) is 17.1. The molecule has 0 N–H and O–H groups in total. The zero-order chi connectivity index (χ0) is 21.2. The average molecular weight is 398 g/mol. The molecule has 30 heavy (non-hydrogen) atoms. The molecule has 6 rings (SSSR count). The number of benzene rings is 2. The molecule has 2 heterocycles. The standard InChI is InChI=1S/C28H30NO/c1-18-12-15-24-23-10-6-9-22(21-14-13-19-7-5-8-20(19)17-21)27(23)30-28(24)26(18)25-11-3-4-16-29(25)2/h3-4,6,9-12,15-16,19-21H,5,7-8,13-14,17H2,1-2H3/q+1/i21D. The Labute approximate surface area is 179 Å². The maximum absolute atomic E-state index is 9.50. The highest BCUT2D eigenvalue weighted by molar-refractivity contribution is 6.10. The number of aromatic nitrogens is 1. The predicted octanol–water partition coefficient (Wildman–Crippen LogP) is 7.07. The molecule has 2 aromatic heterocycles. The van der Waals surface area contributed by atoms with Gasteiger partial charge in [-0.25, -0.2) is 4.57 Å². The van der Waals surface area contributed by atoms with E-state index in [-0.39, 0.29) is 0 Å². The van der Waals surface area contributed by atoms with Gasteiger partial charge in [0.15, 0.2) is 6.20 Å². The van der Waals surface area contributed by atoms with Crippen LogP contribution in [-0.2, 0) is 7.05 Å². The molecule has 0 bridgehead atoms. The summed E-state index contributed by atoms with van der Waals surface area (Å²) in [6.45, 7) is 2.16. The minimum absolute atomic E-state index is 0.536. The van der Waals surface area contributed by atoms with Crippen LogP contribution in [0.2, 0.25) is 0 Å². The molecule has 0 amide bonds. The molecule has 0 radical (unpaired) electrons. The summed E-state index contributed by atoms with van der Waals surface area (Å²) >= 11 is 0. The third-order valence-corrected chi connectivity index (χ3v) is 7.71. The number of aryl methyl sites for hydroxylation is 2. The molecule has 2 aliphatic carbocycles. The van der Waals surface area contributed by atoms with Gasteiger partial charge >= 0.3 is 0 Å². The first-order valence-corrected chi connectivity index (χ1v) is 11.5. The van der Waals surface area contributed by atoms with Crippen LogP contribution in [0.5, 0.6) is 0 Å². The molecule has 2 aromatic carbocycles. The number of hydrogen-bond donors (Lipinski definition) is 0. The summed E-state index contributed by atoms with van der Waals surface area (Å²) in [5, 5.41) is 2.30. The fourth-order valence-corrected chi connectivity index (χ4v) is 6.13. The Hall–Kier alpha value is -2.61. The van der Waals surface area contributed by atoms with Gasteiger partial charge in [-0.2, -0.15) is 0 Å². The van der Waals surface area contributed by atoms with Crippen molar-refractivity contribution in [1.29, 1.82) is 0 Å². The summed E-state index contributed by atoms with van der Waals surface area (Å²) in [6.07, 6.45) is 9.21. The zero-order valence-corrected chi connectivity index (χ0v) is 17.9. The molecule has 0 saturated heterocycles. The Bertz CT molecular complexity index is 1310. The third-order valence-electron chi connectivity index (χ3n) is 7.71. The van der Waals surface area contributed by atoms with Crippen molar-refractivity contribution >= 4 is 21.9 Å². The fourth-order valence-electron chi connectivity index (χ4n) is 6.13. The average Bonchev–Trinajstić information content (AvgIpc) is 3.38. The molecule has 2 fully saturated rings. The van der Waals surface area contributed by atoms with Crippen molar-refractivity contribution in [3.63, 3.8) is 0 Å². The van der Waals surface area contributed by atoms with E-state index in [4.69, 9.17) is 4.42 Å². The predicted molar refractivity (Wildman–Crippen MR) is 122 cm³/mol. The van der Waals surface area contributed by atoms with Crippen LogP contribution < -0.4 is 4.57 Å². The van der Waals surface area contributed by atoms with E-state index < -0.39 is 5.89 Å². The second-order valence-electron chi connectivity index (χ2n) is 9.41. The second kappa shape index (κ2) is 6.97. The first-order chi connectivity index (χ1) is 15.0. The molecule has 3 atom stereocenters. The smallest absolute Gasteiger partial charge is 0.216 e. The van der Waals surface area contributed by atoms with Gasteiger partial charge in [-0.1, -0.05) is 49.6 Å². The highest BCUT2D eigenvalue weighted by Crippen LogP contribution is 2.49. The number of hydrogen-bond acceptors (Lipinski definition) is 1. The normalized spacial score (nSPS) is 26.8. The lowest BCUT2D eigenvalue weighted by molar-refractivity contribution is -0.660. The minimum Gasteiger partial charge on any atom is -0.455 e. The summed E-state index contributed by atoms with van der Waals surface area (Å²) < 4.78 is 18.4. The van der Waals surface area contributed by atoms with Crippen LogP contribution in [0.3, 0.4) is 0 Å². The summed E-state index contributed by atoms with van der Waals surface area (Å²) in [7, 11) is 2.08. The second-order valence-corrected chi connectivity index (χ2v) is 9.41. The first-order valence-electron chi connectivity index (χ1n) is 12.0. The molecule has 2 nitrogen and oxygen atoms in total. The number of furan rings is 1. The molecule has 152 valence electrons. The summed E-state index contributed by atoms with van der Waals surface area (Å²) in [5.41, 5.74) is 6.48. The number of pyridine rings is 1. The minimum atomic E-state index is -0.536. The number of para-hydroxylation sites is 1. The van der Waals surface area contributed by atoms with E-state index in [2.05, 4.69) is 73.3 Å². The van der Waals surface area contributed by atoms with Crippen LogP contribution in [0.15, 0.2) is 59.1 Å². The van der Waals surface area contributed by atoms with Crippen molar-refractivity contribution in [2.75, 3.05) is 0 Å². The Morgan fingerprint density at radius 1 is 0.900 bits per heavy atom. The monoisotopic (exact) mass is 397 g/mol. The number of rotatable bonds is 2. The quantitative estimate of drug-likeness (QED) is 0.331. The largest absolute Gasteiger partial charge is 0.455 e. The van der Waals surface area contributed by atoms with E-state index >= 15 is 0 Å². The summed E-state index contributed by atoms with van der Waals surface area (Å²) in [4.78, 5) is 0. The molecule has 2 aliphatic rings. The van der Waals surface area contributed by atoms with Crippen LogP contribution >= 0.6 is 0 Å². The Balaban J connectivity index is 1.58. The van der Waals surface area contributed by atoms with Crippen molar-refractivity contribution in [2.24, 2.45) is 18.9 Å². The molecule has 2 saturated carbocycles. The molecule has 2 heteroatoms. The Kier molecular flexibility index (Phi) is 3.98. The lowest BCUT2D eigenvalue weighted by Gasteiger charge is -2.32. The molecule has 0 spiro atoms. The third kappa shape index (κ3) is 2.73. The number of fused-ring (bicyclic) bond motifs is 4. The maximum Gasteiger partial charge on any atom is 0.216 e. The highest BCUT2D eigenvalue weighted by Gasteiger charge is 2.35. The van der Waals surface area contributed by atoms with Crippen molar-refractivity contribution in [3.8, 4) is 11.3 Å². The lowest BCUT2D eigenvalue weighted by Crippen LogP contribution is -2.30. The van der Waals surface area contributed by atoms with Crippen LogP contribution in [0.4, 0.5) is 0 Å². The van der Waals surface area contributed by atoms with Gasteiger partial charge in [-0.3, -0.25) is 0 Å². The van der Waals surface area contributed by atoms with Gasteiger partial charge in [0.2, 0.25) is 5.69 Å². The molecular formula is C28H30NO+. The van der Waals surface area contributed by atoms with Gasteiger partial charge in [0.1, 0.15) is 18.2 Å². The fraction of sp³-hybridized carbons (Fsp3) is 0.393. The van der Waals surface area contributed by atoms with Gasteiger partial charge in [-0.05, 0) is 61.1 Å². The number of nitrogens with zero attached hydrogens (tertiary/aromatic N) is 1. The molecular weight excluding hydrogens is 366 g/mol. The van der Waals surface area contributed by atoms with Crippen molar-refractivity contribution in [2.45, 2.75) is 51.3 Å². The van der Waals surface area contributed by atoms with Gasteiger partial charge in [0.25, 0.3) is 0 Å². The van der Waals surface area contributed by atoms with Crippen molar-refractivity contribution in [3.05, 3.63) is 65.9 Å². The van der Waals surface area contributed by atoms with Crippen LogP contribution in [0.1, 0.15) is 56.9 Å². The molecule has 0 aliphatic heterocycles. The summed E-state index contributed by atoms with van der Waals surface area (Å²) in [6, 6.07) is 17.1. The van der Waals surface area contributed by atoms with Crippen molar-refractivity contribution < 1.29 is 10.4 Å². The van der Waals surface area contributed by atoms with Gasteiger partial charge in [0.05, 0.1) is 5.56 Å². The van der Waals surface area contributed by atoms with Crippen LogP contribution in [-0.4, -0.2) is 0 Å². The van der Waals surface area contributed by atoms with Crippen LogP contribution in [0.25, 0.3) is 33.2 Å². The maximum atomic E-state index is 9.50. The van der Waals surface area contributed by atoms with Crippen LogP contribution in [0, 0.1) is 18.8 Å². The Morgan fingerprint density at radius 3 is 2.67 bits per heavy atom. The van der Waals surface area contributed by atoms with E-state index in [1.54, 1.807) is 0 Å². The van der Waals surface area contributed by atoms with E-state index in [0.29, 0.717) is 5.92 Å². The van der Waals surface area contributed by atoms with E-state index in [0.717, 1.165) is 57.5 Å². The van der Waals surface area contributed by atoms with Gasteiger partial charge < -0.3 is 4.42 Å². The molecule has 3 unspecified atom stereocenters. The summed E-state index contributed by atoms with van der Waals surface area (Å²) in [5.74, 6) is 1.03. The van der Waals surface area contributed by atoms with E-state index in [1.807, 2.05) is 0 Å². The molecule has 4 aromatic rings. The zero-order valence-electron chi connectivity index (χ0n) is 18.9. The lowest BCUT2D eigenvalue weighted by atomic mass is 9.73. The van der Waals surface area contributed by atoms with Crippen molar-refractivity contribution in [1.82, 2.24) is 0 Å².